The summed E-state index contributed by atoms with van der Waals surface area (Å²) in [6, 6.07) is 0. The Labute approximate surface area is 81.6 Å². The number of carbonyl (C=O) groups excluding carboxylic acids is 3. The van der Waals surface area contributed by atoms with E-state index in [2.05, 4.69) is 9.78 Å². The van der Waals surface area contributed by atoms with Crippen molar-refractivity contribution in [3.8, 4) is 0 Å². The number of allylic oxidation sites excluding steroid dienone is 1. The van der Waals surface area contributed by atoms with Crippen molar-refractivity contribution in [3.63, 3.8) is 0 Å². The van der Waals surface area contributed by atoms with E-state index in [1.807, 2.05) is 0 Å². The fourth-order valence-electron chi connectivity index (χ4n) is 0.701. The molecule has 0 saturated heterocycles. The second kappa shape index (κ2) is 5.90. The van der Waals surface area contributed by atoms with Crippen molar-refractivity contribution >= 4 is 17.7 Å². The third-order valence-electron chi connectivity index (χ3n) is 1.26. The highest BCUT2D eigenvalue weighted by Crippen LogP contribution is 2.04. The van der Waals surface area contributed by atoms with Crippen LogP contribution in [0.25, 0.3) is 0 Å². The van der Waals surface area contributed by atoms with Gasteiger partial charge < -0.3 is 0 Å². The van der Waals surface area contributed by atoms with E-state index in [-0.39, 0.29) is 11.4 Å². The number of hydrogen-bond acceptors (Lipinski definition) is 5. The molecule has 0 N–H and O–H groups in total. The Hall–Kier alpha value is -1.65. The summed E-state index contributed by atoms with van der Waals surface area (Å²) in [5, 5.41) is 0. The molecule has 14 heavy (non-hydrogen) atoms. The summed E-state index contributed by atoms with van der Waals surface area (Å²) in [6.45, 7) is 4.10. The fourth-order valence-corrected chi connectivity index (χ4v) is 0.701. The molecule has 0 aromatic heterocycles. The zero-order valence-electron chi connectivity index (χ0n) is 8.33. The molecule has 0 rings (SSSR count). The van der Waals surface area contributed by atoms with Gasteiger partial charge in [0.05, 0.1) is 0 Å². The molecular formula is C9H12O5. The predicted molar refractivity (Wildman–Crippen MR) is 46.9 cm³/mol. The van der Waals surface area contributed by atoms with Crippen molar-refractivity contribution < 1.29 is 24.2 Å². The van der Waals surface area contributed by atoms with Crippen LogP contribution in [0.4, 0.5) is 0 Å². The Morgan fingerprint density at radius 2 is 1.71 bits per heavy atom. The van der Waals surface area contributed by atoms with Gasteiger partial charge in [0.2, 0.25) is 0 Å². The zero-order valence-corrected chi connectivity index (χ0v) is 8.33. The van der Waals surface area contributed by atoms with Crippen LogP contribution in [0.2, 0.25) is 0 Å². The monoisotopic (exact) mass is 200 g/mol. The SMILES string of the molecule is CCC(=CC(C)=O)C(=O)OOC(C)=O. The van der Waals surface area contributed by atoms with Gasteiger partial charge in [-0.2, -0.15) is 0 Å². The van der Waals surface area contributed by atoms with Gasteiger partial charge in [-0.3, -0.25) is 4.79 Å². The molecule has 0 atom stereocenters. The second-order valence-corrected chi connectivity index (χ2v) is 2.58. The predicted octanol–water partition coefficient (Wildman–Crippen LogP) is 0.933. The lowest BCUT2D eigenvalue weighted by atomic mass is 10.2. The highest BCUT2D eigenvalue weighted by molar-refractivity contribution is 5.98. The highest BCUT2D eigenvalue weighted by atomic mass is 17.2. The molecule has 0 radical (unpaired) electrons. The molecule has 0 spiro atoms. The van der Waals surface area contributed by atoms with Crippen molar-refractivity contribution in [3.05, 3.63) is 11.6 Å². The zero-order chi connectivity index (χ0) is 11.1. The van der Waals surface area contributed by atoms with E-state index < -0.39 is 11.9 Å². The maximum atomic E-state index is 11.1. The van der Waals surface area contributed by atoms with Crippen LogP contribution in [0.15, 0.2) is 11.6 Å². The Kier molecular flexibility index (Phi) is 5.21. The summed E-state index contributed by atoms with van der Waals surface area (Å²) in [4.78, 5) is 40.2. The Morgan fingerprint density at radius 1 is 1.14 bits per heavy atom. The normalized spacial score (nSPS) is 10.6. The van der Waals surface area contributed by atoms with E-state index in [0.717, 1.165) is 13.0 Å². The van der Waals surface area contributed by atoms with Crippen LogP contribution in [0.3, 0.4) is 0 Å². The molecule has 0 aliphatic heterocycles. The van der Waals surface area contributed by atoms with Crippen molar-refractivity contribution in [2.45, 2.75) is 27.2 Å². The van der Waals surface area contributed by atoms with Crippen LogP contribution in [-0.4, -0.2) is 17.7 Å². The second-order valence-electron chi connectivity index (χ2n) is 2.58. The smallest absolute Gasteiger partial charge is 0.295 e. The minimum absolute atomic E-state index is 0.166. The quantitative estimate of drug-likeness (QED) is 0.385. The molecule has 0 fully saturated rings. The molecule has 5 nitrogen and oxygen atoms in total. The number of hydrogen-bond donors (Lipinski definition) is 0. The molecule has 0 saturated carbocycles. The fraction of sp³-hybridized carbons (Fsp3) is 0.444. The lowest BCUT2D eigenvalue weighted by Crippen LogP contribution is -2.11. The molecule has 0 aliphatic rings. The minimum atomic E-state index is -0.821. The lowest BCUT2D eigenvalue weighted by Gasteiger charge is -2.01. The molecular weight excluding hydrogens is 188 g/mol. The summed E-state index contributed by atoms with van der Waals surface area (Å²) in [5.74, 6) is -1.81. The van der Waals surface area contributed by atoms with Crippen LogP contribution >= 0.6 is 0 Å². The van der Waals surface area contributed by atoms with E-state index in [0.29, 0.717) is 6.42 Å². The molecule has 0 unspecified atom stereocenters. The third kappa shape index (κ3) is 5.08. The average molecular weight is 200 g/mol. The minimum Gasteiger partial charge on any atom is -0.295 e. The maximum absolute atomic E-state index is 11.1. The van der Waals surface area contributed by atoms with Gasteiger partial charge in [-0.1, -0.05) is 6.92 Å². The van der Waals surface area contributed by atoms with Gasteiger partial charge in [0, 0.05) is 12.5 Å². The van der Waals surface area contributed by atoms with Gasteiger partial charge in [-0.05, 0) is 19.4 Å². The van der Waals surface area contributed by atoms with E-state index >= 15 is 0 Å². The van der Waals surface area contributed by atoms with Gasteiger partial charge >= 0.3 is 11.9 Å². The summed E-state index contributed by atoms with van der Waals surface area (Å²) >= 11 is 0. The first-order valence-corrected chi connectivity index (χ1v) is 4.08. The first-order valence-electron chi connectivity index (χ1n) is 4.08. The first-order chi connectivity index (χ1) is 6.47. The van der Waals surface area contributed by atoms with Crippen molar-refractivity contribution in [2.24, 2.45) is 0 Å². The van der Waals surface area contributed by atoms with Crippen LogP contribution in [-0.2, 0) is 24.2 Å². The van der Waals surface area contributed by atoms with E-state index in [9.17, 15) is 14.4 Å². The Balaban J connectivity index is 4.33. The van der Waals surface area contributed by atoms with Crippen LogP contribution < -0.4 is 0 Å². The lowest BCUT2D eigenvalue weighted by molar-refractivity contribution is -0.254. The molecule has 78 valence electrons. The molecule has 0 aromatic rings. The van der Waals surface area contributed by atoms with Gasteiger partial charge in [0.15, 0.2) is 5.78 Å². The Bertz CT molecular complexity index is 277. The molecule has 0 aromatic carbocycles. The van der Waals surface area contributed by atoms with Crippen LogP contribution in [0.1, 0.15) is 27.2 Å². The standard InChI is InChI=1S/C9H12O5/c1-4-8(5-6(2)10)9(12)14-13-7(3)11/h5H,4H2,1-3H3. The van der Waals surface area contributed by atoms with Gasteiger partial charge in [0.25, 0.3) is 0 Å². The van der Waals surface area contributed by atoms with Crippen LogP contribution in [0.5, 0.6) is 0 Å². The van der Waals surface area contributed by atoms with E-state index in [1.54, 1.807) is 6.92 Å². The van der Waals surface area contributed by atoms with Crippen molar-refractivity contribution in [1.82, 2.24) is 0 Å². The summed E-state index contributed by atoms with van der Waals surface area (Å²) in [5.41, 5.74) is 0.166. The summed E-state index contributed by atoms with van der Waals surface area (Å²) < 4.78 is 0. The largest absolute Gasteiger partial charge is 0.382 e. The number of ketones is 1. The third-order valence-corrected chi connectivity index (χ3v) is 1.26. The first kappa shape index (κ1) is 12.3. The topological polar surface area (TPSA) is 69.7 Å². The van der Waals surface area contributed by atoms with Crippen LogP contribution in [0, 0.1) is 0 Å². The van der Waals surface area contributed by atoms with Gasteiger partial charge in [-0.25, -0.2) is 19.4 Å². The number of carbonyl (C=O) groups is 3. The van der Waals surface area contributed by atoms with Crippen molar-refractivity contribution in [2.75, 3.05) is 0 Å². The molecule has 0 bridgehead atoms. The Morgan fingerprint density at radius 3 is 2.07 bits per heavy atom. The van der Waals surface area contributed by atoms with Gasteiger partial charge in [0.1, 0.15) is 0 Å². The average Bonchev–Trinajstić information content (AvgIpc) is 2.09. The summed E-state index contributed by atoms with van der Waals surface area (Å²) in [6.07, 6.45) is 1.48. The van der Waals surface area contributed by atoms with E-state index in [1.165, 1.54) is 6.92 Å². The molecule has 5 heteroatoms. The maximum Gasteiger partial charge on any atom is 0.382 e. The van der Waals surface area contributed by atoms with Crippen molar-refractivity contribution in [1.29, 1.82) is 0 Å². The van der Waals surface area contributed by atoms with Gasteiger partial charge in [-0.15, -0.1) is 0 Å². The van der Waals surface area contributed by atoms with E-state index in [4.69, 9.17) is 0 Å². The molecule has 0 heterocycles. The highest BCUT2D eigenvalue weighted by Gasteiger charge is 2.12. The molecule has 0 amide bonds. The number of rotatable bonds is 3. The molecule has 0 aliphatic carbocycles. The summed E-state index contributed by atoms with van der Waals surface area (Å²) in [7, 11) is 0.